The first kappa shape index (κ1) is 38.3. The molecular weight excluding hydrogens is 613 g/mol. The van der Waals surface area contributed by atoms with Gasteiger partial charge in [0.25, 0.3) is 0 Å². The Bertz CT molecular complexity index is 1170. The molecule has 11 nitrogen and oxygen atoms in total. The number of amides is 5. The van der Waals surface area contributed by atoms with Gasteiger partial charge in [-0.2, -0.15) is 11.8 Å². The highest BCUT2D eigenvalue weighted by Crippen LogP contribution is 2.26. The van der Waals surface area contributed by atoms with E-state index in [-0.39, 0.29) is 55.4 Å². The molecule has 1 aliphatic heterocycles. The van der Waals surface area contributed by atoms with Crippen LogP contribution < -0.4 is 21.3 Å². The van der Waals surface area contributed by atoms with Gasteiger partial charge in [-0.05, 0) is 74.6 Å². The lowest BCUT2D eigenvalue weighted by molar-refractivity contribution is -0.138. The van der Waals surface area contributed by atoms with Crippen LogP contribution in [0.1, 0.15) is 64.9 Å². The van der Waals surface area contributed by atoms with Crippen molar-refractivity contribution in [3.8, 4) is 0 Å². The quantitative estimate of drug-likeness (QED) is 0.0748. The second kappa shape index (κ2) is 20.3. The molecule has 45 heavy (non-hydrogen) atoms. The zero-order valence-electron chi connectivity index (χ0n) is 27.2. The Balaban J connectivity index is 1.95. The number of likely N-dealkylation sites (tertiary alicyclic amines) is 1. The summed E-state index contributed by atoms with van der Waals surface area (Å²) in [5, 5.41) is 18.6. The highest BCUT2D eigenvalue weighted by molar-refractivity contribution is 8.00. The van der Waals surface area contributed by atoms with Crippen molar-refractivity contribution in [1.29, 1.82) is 5.41 Å². The zero-order chi connectivity index (χ0) is 33.4. The molecule has 1 aromatic rings. The van der Waals surface area contributed by atoms with Crippen molar-refractivity contribution in [2.75, 3.05) is 43.2 Å². The molecule has 1 aromatic carbocycles. The summed E-state index contributed by atoms with van der Waals surface area (Å²) in [7, 11) is 1.86. The summed E-state index contributed by atoms with van der Waals surface area (Å²) in [6.07, 6.45) is 4.61. The number of ketones is 1. The van der Waals surface area contributed by atoms with Crippen LogP contribution in [-0.4, -0.2) is 89.3 Å². The molecule has 5 N–H and O–H groups in total. The minimum atomic E-state index is -0.752. The second-order valence-electron chi connectivity index (χ2n) is 11.4. The van der Waals surface area contributed by atoms with Gasteiger partial charge in [0.1, 0.15) is 0 Å². The monoisotopic (exact) mass is 662 g/mol. The highest BCUT2D eigenvalue weighted by Gasteiger charge is 2.38. The lowest BCUT2D eigenvalue weighted by atomic mass is 9.85. The third-order valence-corrected chi connectivity index (χ3v) is 9.78. The van der Waals surface area contributed by atoms with Crippen LogP contribution in [0.2, 0.25) is 0 Å². The van der Waals surface area contributed by atoms with E-state index in [4.69, 9.17) is 5.41 Å². The first-order valence-corrected chi connectivity index (χ1v) is 18.0. The third kappa shape index (κ3) is 13.2. The second-order valence-corrected chi connectivity index (χ2v) is 13.7. The first-order valence-electron chi connectivity index (χ1n) is 15.6. The van der Waals surface area contributed by atoms with Crippen LogP contribution in [0.4, 0.5) is 10.5 Å². The van der Waals surface area contributed by atoms with Gasteiger partial charge in [0, 0.05) is 49.8 Å². The summed E-state index contributed by atoms with van der Waals surface area (Å²) >= 11 is 3.01. The van der Waals surface area contributed by atoms with Crippen LogP contribution in [0, 0.1) is 17.2 Å². The van der Waals surface area contributed by atoms with Crippen molar-refractivity contribution in [2.24, 2.45) is 11.8 Å². The standard InChI is InChI=1S/C32H50N6O5S2/c1-6-21(2)25(30(41)35-14-15-38-29(40)19-28(31(38)42)45-16-7-8-22(3)33)18-27(39)26(13-17-44-5)37-32(43)36-24-11-9-23(10-12-24)20-34-4/h9-12,21,25-26,28,33-34H,6-8,13-20H2,1-5H3,(H,35,41)(H2,36,37,43)/t21-,25-,26-,28?/m0/s1. The number of nitrogens with zero attached hydrogens (tertiary/aromatic N) is 1. The van der Waals surface area contributed by atoms with Gasteiger partial charge in [0.05, 0.1) is 11.3 Å². The van der Waals surface area contributed by atoms with Gasteiger partial charge in [-0.25, -0.2) is 4.79 Å². The first-order chi connectivity index (χ1) is 21.5. The molecule has 0 radical (unpaired) electrons. The Labute approximate surface area is 276 Å². The predicted octanol–water partition coefficient (Wildman–Crippen LogP) is 4.07. The number of carbonyl (C=O) groups is 5. The SMILES string of the molecule is CC[C@H](C)[C@H](CC(=O)[C@H](CCSC)NC(=O)Nc1ccc(CNC)cc1)C(=O)NCCN1C(=O)CC(SCCCC(C)=N)C1=O. The highest BCUT2D eigenvalue weighted by atomic mass is 32.2. The van der Waals surface area contributed by atoms with Crippen LogP contribution in [0.15, 0.2) is 24.3 Å². The van der Waals surface area contributed by atoms with Crippen molar-refractivity contribution in [2.45, 2.75) is 77.1 Å². The molecule has 0 aromatic heterocycles. The number of anilines is 1. The summed E-state index contributed by atoms with van der Waals surface area (Å²) < 4.78 is 0. The largest absolute Gasteiger partial charge is 0.354 e. The molecule has 0 bridgehead atoms. The Kier molecular flexibility index (Phi) is 17.2. The molecule has 4 atom stereocenters. The number of hydrogen-bond acceptors (Lipinski definition) is 9. The summed E-state index contributed by atoms with van der Waals surface area (Å²) in [5.41, 5.74) is 2.28. The fourth-order valence-corrected chi connectivity index (χ4v) is 6.58. The minimum Gasteiger partial charge on any atom is -0.354 e. The van der Waals surface area contributed by atoms with Gasteiger partial charge in [-0.1, -0.05) is 32.4 Å². The molecule has 250 valence electrons. The number of urea groups is 1. The zero-order valence-corrected chi connectivity index (χ0v) is 28.8. The number of rotatable bonds is 21. The van der Waals surface area contributed by atoms with E-state index in [2.05, 4.69) is 21.3 Å². The molecule has 1 fully saturated rings. The Morgan fingerprint density at radius 1 is 1.13 bits per heavy atom. The van der Waals surface area contributed by atoms with Gasteiger partial charge < -0.3 is 26.7 Å². The molecule has 1 unspecified atom stereocenters. The molecule has 1 saturated heterocycles. The average Bonchev–Trinajstić information content (AvgIpc) is 3.28. The van der Waals surface area contributed by atoms with Gasteiger partial charge in [-0.15, -0.1) is 11.8 Å². The van der Waals surface area contributed by atoms with E-state index in [1.165, 1.54) is 16.7 Å². The minimum absolute atomic E-state index is 0.0333. The van der Waals surface area contributed by atoms with Crippen LogP contribution in [0.3, 0.4) is 0 Å². The fourth-order valence-electron chi connectivity index (χ4n) is 4.98. The van der Waals surface area contributed by atoms with Crippen molar-refractivity contribution in [3.63, 3.8) is 0 Å². The summed E-state index contributed by atoms with van der Waals surface area (Å²) in [5.74, 6) is -0.364. The topological polar surface area (TPSA) is 161 Å². The number of thioether (sulfide) groups is 2. The van der Waals surface area contributed by atoms with E-state index in [1.54, 1.807) is 30.8 Å². The fraction of sp³-hybridized carbons (Fsp3) is 0.625. The van der Waals surface area contributed by atoms with Gasteiger partial charge >= 0.3 is 6.03 Å². The summed E-state index contributed by atoms with van der Waals surface area (Å²) in [6.45, 7) is 6.52. The van der Waals surface area contributed by atoms with Crippen molar-refractivity contribution < 1.29 is 24.0 Å². The van der Waals surface area contributed by atoms with Gasteiger partial charge in [0.15, 0.2) is 5.78 Å². The molecular formula is C32H50N6O5S2. The average molecular weight is 663 g/mol. The number of Topliss-reactive ketones (excluding diaryl/α,β-unsaturated/α-hetero) is 1. The Morgan fingerprint density at radius 3 is 2.47 bits per heavy atom. The van der Waals surface area contributed by atoms with E-state index in [0.717, 1.165) is 12.0 Å². The van der Waals surface area contributed by atoms with Crippen molar-refractivity contribution >= 4 is 64.5 Å². The summed E-state index contributed by atoms with van der Waals surface area (Å²) in [6, 6.07) is 6.19. The Hall–Kier alpha value is -2.90. The lowest BCUT2D eigenvalue weighted by Gasteiger charge is -2.25. The molecule has 0 aliphatic carbocycles. The predicted molar refractivity (Wildman–Crippen MR) is 184 cm³/mol. The van der Waals surface area contributed by atoms with Crippen molar-refractivity contribution in [3.05, 3.63) is 29.8 Å². The lowest BCUT2D eigenvalue weighted by Crippen LogP contribution is -2.46. The maximum atomic E-state index is 13.5. The molecule has 5 amide bonds. The van der Waals surface area contributed by atoms with Gasteiger partial charge in [0.2, 0.25) is 17.7 Å². The third-order valence-electron chi connectivity index (χ3n) is 7.84. The van der Waals surface area contributed by atoms with E-state index in [0.29, 0.717) is 48.7 Å². The number of benzene rings is 1. The number of hydrogen-bond donors (Lipinski definition) is 5. The number of imide groups is 1. The smallest absolute Gasteiger partial charge is 0.319 e. The van der Waals surface area contributed by atoms with E-state index in [9.17, 15) is 24.0 Å². The van der Waals surface area contributed by atoms with E-state index >= 15 is 0 Å². The van der Waals surface area contributed by atoms with Crippen molar-refractivity contribution in [1.82, 2.24) is 20.9 Å². The van der Waals surface area contributed by atoms with Crippen LogP contribution in [0.5, 0.6) is 0 Å². The molecule has 1 heterocycles. The van der Waals surface area contributed by atoms with Crippen LogP contribution in [0.25, 0.3) is 0 Å². The molecule has 0 saturated carbocycles. The van der Waals surface area contributed by atoms with Crippen LogP contribution >= 0.6 is 23.5 Å². The van der Waals surface area contributed by atoms with E-state index < -0.39 is 23.2 Å². The molecule has 2 rings (SSSR count). The van der Waals surface area contributed by atoms with Gasteiger partial charge in [-0.3, -0.25) is 24.1 Å². The van der Waals surface area contributed by atoms with Crippen LogP contribution in [-0.2, 0) is 25.7 Å². The van der Waals surface area contributed by atoms with E-state index in [1.807, 2.05) is 39.3 Å². The molecule has 13 heteroatoms. The maximum Gasteiger partial charge on any atom is 0.319 e. The Morgan fingerprint density at radius 2 is 1.84 bits per heavy atom. The molecule has 1 aliphatic rings. The summed E-state index contributed by atoms with van der Waals surface area (Å²) in [4.78, 5) is 66.1. The molecule has 0 spiro atoms. The maximum absolute atomic E-state index is 13.5. The number of carbonyl (C=O) groups excluding carboxylic acids is 5. The normalized spacial score (nSPS) is 16.6. The number of nitrogens with one attached hydrogen (secondary N) is 5.